The van der Waals surface area contributed by atoms with Crippen molar-refractivity contribution in [1.82, 2.24) is 5.32 Å². The molecule has 1 heterocycles. The Morgan fingerprint density at radius 2 is 2.00 bits per heavy atom. The molecule has 0 saturated carbocycles. The molecular formula is C11H15ClFNO. The van der Waals surface area contributed by atoms with Crippen molar-refractivity contribution in [3.63, 3.8) is 0 Å². The quantitative estimate of drug-likeness (QED) is 0.809. The predicted octanol–water partition coefficient (Wildman–Crippen LogP) is 1.51. The summed E-state index contributed by atoms with van der Waals surface area (Å²) in [7, 11) is 0. The van der Waals surface area contributed by atoms with Crippen LogP contribution in [0.2, 0.25) is 0 Å². The van der Waals surface area contributed by atoms with Crippen molar-refractivity contribution in [2.45, 2.75) is 18.4 Å². The van der Waals surface area contributed by atoms with E-state index in [0.717, 1.165) is 18.5 Å². The van der Waals surface area contributed by atoms with Gasteiger partial charge in [0.05, 0.1) is 5.60 Å². The summed E-state index contributed by atoms with van der Waals surface area (Å²) < 4.78 is 12.6. The molecule has 0 amide bonds. The molecule has 1 saturated heterocycles. The fraction of sp³-hybridized carbons (Fsp3) is 0.455. The van der Waals surface area contributed by atoms with Crippen LogP contribution in [0.5, 0.6) is 0 Å². The van der Waals surface area contributed by atoms with E-state index in [1.165, 1.54) is 12.1 Å². The Bertz CT molecular complexity index is 309. The van der Waals surface area contributed by atoms with Crippen LogP contribution < -0.4 is 5.32 Å². The molecule has 84 valence electrons. The molecule has 0 bridgehead atoms. The second kappa shape index (κ2) is 4.92. The summed E-state index contributed by atoms with van der Waals surface area (Å²) in [6.45, 7) is 1.49. The molecule has 2 N–H and O–H groups in total. The van der Waals surface area contributed by atoms with Gasteiger partial charge in [0.25, 0.3) is 0 Å². The van der Waals surface area contributed by atoms with Gasteiger partial charge in [0.2, 0.25) is 0 Å². The first-order valence-electron chi connectivity index (χ1n) is 4.86. The lowest BCUT2D eigenvalue weighted by Gasteiger charge is -2.20. The van der Waals surface area contributed by atoms with Gasteiger partial charge in [-0.2, -0.15) is 0 Å². The minimum absolute atomic E-state index is 0. The number of benzene rings is 1. The van der Waals surface area contributed by atoms with Crippen molar-refractivity contribution in [1.29, 1.82) is 0 Å². The minimum Gasteiger partial charge on any atom is -0.388 e. The molecule has 1 atom stereocenters. The molecule has 0 aromatic heterocycles. The van der Waals surface area contributed by atoms with Crippen LogP contribution in [0, 0.1) is 5.82 Å². The van der Waals surface area contributed by atoms with Gasteiger partial charge >= 0.3 is 0 Å². The van der Waals surface area contributed by atoms with Gasteiger partial charge in [-0.1, -0.05) is 12.1 Å². The third kappa shape index (κ3) is 3.16. The average molecular weight is 232 g/mol. The molecule has 2 rings (SSSR count). The Balaban J connectivity index is 0.00000112. The summed E-state index contributed by atoms with van der Waals surface area (Å²) in [6.07, 6.45) is 1.37. The fourth-order valence-electron chi connectivity index (χ4n) is 1.86. The van der Waals surface area contributed by atoms with E-state index < -0.39 is 5.60 Å². The van der Waals surface area contributed by atoms with Crippen molar-refractivity contribution in [2.75, 3.05) is 13.1 Å². The predicted molar refractivity (Wildman–Crippen MR) is 59.8 cm³/mol. The van der Waals surface area contributed by atoms with E-state index in [0.29, 0.717) is 13.0 Å². The van der Waals surface area contributed by atoms with Crippen LogP contribution >= 0.6 is 12.4 Å². The number of halogens is 2. The minimum atomic E-state index is -0.641. The van der Waals surface area contributed by atoms with Crippen molar-refractivity contribution in [3.8, 4) is 0 Å². The van der Waals surface area contributed by atoms with Crippen LogP contribution in [0.1, 0.15) is 12.0 Å². The van der Waals surface area contributed by atoms with Gasteiger partial charge in [0, 0.05) is 13.0 Å². The zero-order valence-electron chi connectivity index (χ0n) is 8.37. The van der Waals surface area contributed by atoms with E-state index in [1.807, 2.05) is 0 Å². The summed E-state index contributed by atoms with van der Waals surface area (Å²) in [5, 5.41) is 13.2. The topological polar surface area (TPSA) is 32.3 Å². The van der Waals surface area contributed by atoms with Crippen LogP contribution in [0.3, 0.4) is 0 Å². The Labute approximate surface area is 94.9 Å². The molecule has 4 heteroatoms. The van der Waals surface area contributed by atoms with Crippen molar-refractivity contribution < 1.29 is 9.50 Å². The highest BCUT2D eigenvalue weighted by Crippen LogP contribution is 2.20. The monoisotopic (exact) mass is 231 g/mol. The van der Waals surface area contributed by atoms with Crippen LogP contribution in [0.25, 0.3) is 0 Å². The second-order valence-electron chi connectivity index (χ2n) is 3.95. The molecule has 1 aromatic carbocycles. The standard InChI is InChI=1S/C11H14FNO.ClH/c12-10-3-1-9(2-4-10)7-11(14)5-6-13-8-11;/h1-4,13-14H,5-8H2;1H. The van der Waals surface area contributed by atoms with Gasteiger partial charge in [0.15, 0.2) is 0 Å². The summed E-state index contributed by atoms with van der Waals surface area (Å²) in [6, 6.07) is 6.32. The molecule has 1 fully saturated rings. The number of aliphatic hydroxyl groups is 1. The zero-order chi connectivity index (χ0) is 10.0. The van der Waals surface area contributed by atoms with Gasteiger partial charge in [-0.3, -0.25) is 0 Å². The maximum Gasteiger partial charge on any atom is 0.123 e. The van der Waals surface area contributed by atoms with E-state index in [4.69, 9.17) is 0 Å². The SMILES string of the molecule is Cl.OC1(Cc2ccc(F)cc2)CCNC1. The van der Waals surface area contributed by atoms with Crippen molar-refractivity contribution >= 4 is 12.4 Å². The second-order valence-corrected chi connectivity index (χ2v) is 3.95. The number of hydrogen-bond donors (Lipinski definition) is 2. The van der Waals surface area contributed by atoms with Crippen LogP contribution in [0.15, 0.2) is 24.3 Å². The van der Waals surface area contributed by atoms with Crippen molar-refractivity contribution in [3.05, 3.63) is 35.6 Å². The first kappa shape index (κ1) is 12.4. The average Bonchev–Trinajstić information content (AvgIpc) is 2.57. The molecule has 1 aliphatic rings. The number of hydrogen-bond acceptors (Lipinski definition) is 2. The number of nitrogens with one attached hydrogen (secondary N) is 1. The lowest BCUT2D eigenvalue weighted by molar-refractivity contribution is 0.0619. The molecule has 2 nitrogen and oxygen atoms in total. The van der Waals surface area contributed by atoms with Crippen LogP contribution in [-0.2, 0) is 6.42 Å². The van der Waals surface area contributed by atoms with E-state index in [9.17, 15) is 9.50 Å². The van der Waals surface area contributed by atoms with Gasteiger partial charge in [-0.05, 0) is 30.7 Å². The maximum absolute atomic E-state index is 12.6. The Kier molecular flexibility index (Phi) is 4.08. The largest absolute Gasteiger partial charge is 0.388 e. The Morgan fingerprint density at radius 3 is 2.53 bits per heavy atom. The highest BCUT2D eigenvalue weighted by molar-refractivity contribution is 5.85. The van der Waals surface area contributed by atoms with Crippen LogP contribution in [-0.4, -0.2) is 23.8 Å². The highest BCUT2D eigenvalue weighted by Gasteiger charge is 2.30. The third-order valence-corrected chi connectivity index (χ3v) is 2.67. The van der Waals surface area contributed by atoms with Crippen molar-refractivity contribution in [2.24, 2.45) is 0 Å². The first-order chi connectivity index (χ1) is 6.68. The zero-order valence-corrected chi connectivity index (χ0v) is 9.19. The summed E-state index contributed by atoms with van der Waals surface area (Å²) >= 11 is 0. The van der Waals surface area contributed by atoms with Gasteiger partial charge < -0.3 is 10.4 Å². The fourth-order valence-corrected chi connectivity index (χ4v) is 1.86. The lowest BCUT2D eigenvalue weighted by atomic mass is 9.94. The highest BCUT2D eigenvalue weighted by atomic mass is 35.5. The molecule has 0 spiro atoms. The smallest absolute Gasteiger partial charge is 0.123 e. The summed E-state index contributed by atoms with van der Waals surface area (Å²) in [4.78, 5) is 0. The van der Waals surface area contributed by atoms with E-state index in [2.05, 4.69) is 5.32 Å². The molecule has 15 heavy (non-hydrogen) atoms. The number of rotatable bonds is 2. The summed E-state index contributed by atoms with van der Waals surface area (Å²) in [5.41, 5.74) is 0.343. The molecule has 0 radical (unpaired) electrons. The normalized spacial score (nSPS) is 24.9. The third-order valence-electron chi connectivity index (χ3n) is 2.67. The van der Waals surface area contributed by atoms with Gasteiger partial charge in [0.1, 0.15) is 5.82 Å². The van der Waals surface area contributed by atoms with E-state index in [1.54, 1.807) is 12.1 Å². The molecular weight excluding hydrogens is 217 g/mol. The van der Waals surface area contributed by atoms with Gasteiger partial charge in [-0.25, -0.2) is 4.39 Å². The first-order valence-corrected chi connectivity index (χ1v) is 4.86. The number of β-amino-alcohol motifs (C(OH)–C–C–N with tert-alkyl or cyclic N) is 1. The Morgan fingerprint density at radius 1 is 1.33 bits per heavy atom. The summed E-state index contributed by atoms with van der Waals surface area (Å²) in [5.74, 6) is -0.231. The maximum atomic E-state index is 12.6. The molecule has 1 aromatic rings. The molecule has 1 aliphatic heterocycles. The van der Waals surface area contributed by atoms with E-state index >= 15 is 0 Å². The van der Waals surface area contributed by atoms with Gasteiger partial charge in [-0.15, -0.1) is 12.4 Å². The van der Waals surface area contributed by atoms with Crippen LogP contribution in [0.4, 0.5) is 4.39 Å². The Hall–Kier alpha value is -0.640. The molecule has 1 unspecified atom stereocenters. The lowest BCUT2D eigenvalue weighted by Crippen LogP contribution is -2.33. The molecule has 0 aliphatic carbocycles. The van der Waals surface area contributed by atoms with E-state index in [-0.39, 0.29) is 18.2 Å².